The van der Waals surface area contributed by atoms with Crippen LogP contribution in [0.1, 0.15) is 21.5 Å². The van der Waals surface area contributed by atoms with E-state index in [1.54, 1.807) is 24.4 Å². The molecule has 3 heterocycles. The molecule has 1 aromatic carbocycles. The van der Waals surface area contributed by atoms with E-state index in [0.29, 0.717) is 44.0 Å². The van der Waals surface area contributed by atoms with Gasteiger partial charge in [0.1, 0.15) is 5.82 Å². The smallest absolute Gasteiger partial charge is 0.251 e. The summed E-state index contributed by atoms with van der Waals surface area (Å²) in [5.74, 6) is 0.722. The molecule has 0 bridgehead atoms. The second kappa shape index (κ2) is 8.00. The second-order valence-corrected chi connectivity index (χ2v) is 9.14. The number of hydrogen-bond donors (Lipinski definition) is 1. The Balaban J connectivity index is 1.38. The van der Waals surface area contributed by atoms with Gasteiger partial charge in [-0.3, -0.25) is 9.10 Å². The SMILES string of the molecule is CS(=O)(=O)N1CCc2cc(C(=O)NCc3ccc(N4CCOCC4)nc3)ccc21. The quantitative estimate of drug-likeness (QED) is 0.787. The Morgan fingerprint density at radius 2 is 1.97 bits per heavy atom. The first kappa shape index (κ1) is 19.7. The van der Waals surface area contributed by atoms with Crippen molar-refractivity contribution >= 4 is 27.4 Å². The van der Waals surface area contributed by atoms with Crippen molar-refractivity contribution in [2.24, 2.45) is 0 Å². The molecule has 1 fully saturated rings. The van der Waals surface area contributed by atoms with E-state index in [2.05, 4.69) is 15.2 Å². The maximum Gasteiger partial charge on any atom is 0.251 e. The fourth-order valence-electron chi connectivity index (χ4n) is 3.64. The summed E-state index contributed by atoms with van der Waals surface area (Å²) < 4.78 is 30.4. The van der Waals surface area contributed by atoms with Gasteiger partial charge in [0.05, 0.1) is 25.2 Å². The maximum absolute atomic E-state index is 12.5. The molecule has 1 N–H and O–H groups in total. The van der Waals surface area contributed by atoms with Gasteiger partial charge in [-0.2, -0.15) is 0 Å². The van der Waals surface area contributed by atoms with Crippen molar-refractivity contribution in [3.63, 3.8) is 0 Å². The summed E-state index contributed by atoms with van der Waals surface area (Å²) in [4.78, 5) is 19.2. The van der Waals surface area contributed by atoms with Crippen LogP contribution in [-0.2, 0) is 27.7 Å². The number of ether oxygens (including phenoxy) is 1. The molecule has 2 aliphatic heterocycles. The highest BCUT2D eigenvalue weighted by atomic mass is 32.2. The van der Waals surface area contributed by atoms with Crippen LogP contribution in [0, 0.1) is 0 Å². The monoisotopic (exact) mass is 416 g/mol. The fraction of sp³-hybridized carbons (Fsp3) is 0.400. The first-order valence-electron chi connectivity index (χ1n) is 9.58. The van der Waals surface area contributed by atoms with E-state index in [1.165, 1.54) is 10.6 Å². The number of nitrogens with one attached hydrogen (secondary N) is 1. The molecule has 0 aliphatic carbocycles. The molecular weight excluding hydrogens is 392 g/mol. The minimum atomic E-state index is -3.29. The first-order chi connectivity index (χ1) is 13.9. The van der Waals surface area contributed by atoms with Crippen LogP contribution in [0.2, 0.25) is 0 Å². The average molecular weight is 417 g/mol. The Hall–Kier alpha value is -2.65. The van der Waals surface area contributed by atoms with Crippen molar-refractivity contribution in [3.05, 3.63) is 53.2 Å². The number of nitrogens with zero attached hydrogens (tertiary/aromatic N) is 3. The number of anilines is 2. The summed E-state index contributed by atoms with van der Waals surface area (Å²) in [7, 11) is -3.29. The molecule has 1 amide bonds. The summed E-state index contributed by atoms with van der Waals surface area (Å²) in [6, 6.07) is 9.07. The Labute approximate surface area is 170 Å². The molecule has 0 radical (unpaired) electrons. The molecule has 29 heavy (non-hydrogen) atoms. The third-order valence-corrected chi connectivity index (χ3v) is 6.37. The molecular formula is C20H24N4O4S. The highest BCUT2D eigenvalue weighted by Gasteiger charge is 2.26. The van der Waals surface area contributed by atoms with Crippen molar-refractivity contribution in [3.8, 4) is 0 Å². The molecule has 9 heteroatoms. The van der Waals surface area contributed by atoms with Gasteiger partial charge in [-0.1, -0.05) is 6.07 Å². The normalized spacial score (nSPS) is 16.6. The number of pyridine rings is 1. The van der Waals surface area contributed by atoms with Gasteiger partial charge in [0.15, 0.2) is 0 Å². The lowest BCUT2D eigenvalue weighted by Crippen LogP contribution is -2.36. The summed E-state index contributed by atoms with van der Waals surface area (Å²) in [5, 5.41) is 2.90. The van der Waals surface area contributed by atoms with E-state index in [1.807, 2.05) is 12.1 Å². The number of fused-ring (bicyclic) bond motifs is 1. The van der Waals surface area contributed by atoms with Gasteiger partial charge >= 0.3 is 0 Å². The van der Waals surface area contributed by atoms with Crippen LogP contribution in [0.4, 0.5) is 11.5 Å². The van der Waals surface area contributed by atoms with Crippen LogP contribution in [0.15, 0.2) is 36.5 Å². The molecule has 1 aromatic heterocycles. The average Bonchev–Trinajstić information content (AvgIpc) is 3.17. The molecule has 0 spiro atoms. The standard InChI is InChI=1S/C20H24N4O4S/c1-29(26,27)24-7-6-16-12-17(3-4-18(16)24)20(25)22-14-15-2-5-19(21-13-15)23-8-10-28-11-9-23/h2-5,12-13H,6-11,14H2,1H3,(H,22,25). The van der Waals surface area contributed by atoms with Crippen LogP contribution >= 0.6 is 0 Å². The second-order valence-electron chi connectivity index (χ2n) is 7.24. The summed E-state index contributed by atoms with van der Waals surface area (Å²) in [5.41, 5.74) is 2.98. The molecule has 8 nitrogen and oxygen atoms in total. The molecule has 2 aromatic rings. The van der Waals surface area contributed by atoms with Crippen LogP contribution in [0.3, 0.4) is 0 Å². The third-order valence-electron chi connectivity index (χ3n) is 5.19. The van der Waals surface area contributed by atoms with Crippen LogP contribution in [-0.4, -0.2) is 58.4 Å². The van der Waals surface area contributed by atoms with E-state index in [-0.39, 0.29) is 5.91 Å². The number of carbonyl (C=O) groups is 1. The zero-order valence-electron chi connectivity index (χ0n) is 16.3. The van der Waals surface area contributed by atoms with E-state index in [9.17, 15) is 13.2 Å². The van der Waals surface area contributed by atoms with Gasteiger partial charge < -0.3 is 15.0 Å². The zero-order chi connectivity index (χ0) is 20.4. The number of hydrogen-bond acceptors (Lipinski definition) is 6. The molecule has 154 valence electrons. The van der Waals surface area contributed by atoms with E-state index in [4.69, 9.17) is 4.74 Å². The predicted molar refractivity (Wildman–Crippen MR) is 111 cm³/mol. The highest BCUT2D eigenvalue weighted by Crippen LogP contribution is 2.30. The Morgan fingerprint density at radius 1 is 1.17 bits per heavy atom. The fourth-order valence-corrected chi connectivity index (χ4v) is 4.60. The molecule has 0 saturated carbocycles. The Bertz CT molecular complexity index is 1000. The molecule has 2 aliphatic rings. The van der Waals surface area contributed by atoms with Gasteiger partial charge in [-0.05, 0) is 41.8 Å². The van der Waals surface area contributed by atoms with Crippen LogP contribution < -0.4 is 14.5 Å². The number of morpholine rings is 1. The minimum Gasteiger partial charge on any atom is -0.378 e. The van der Waals surface area contributed by atoms with Crippen molar-refractivity contribution in [2.45, 2.75) is 13.0 Å². The van der Waals surface area contributed by atoms with Gasteiger partial charge in [-0.15, -0.1) is 0 Å². The third kappa shape index (κ3) is 4.35. The van der Waals surface area contributed by atoms with Crippen molar-refractivity contribution in [1.82, 2.24) is 10.3 Å². The summed E-state index contributed by atoms with van der Waals surface area (Å²) in [6.45, 7) is 3.88. The number of amides is 1. The van der Waals surface area contributed by atoms with Gasteiger partial charge in [0, 0.05) is 37.9 Å². The molecule has 0 unspecified atom stereocenters. The zero-order valence-corrected chi connectivity index (χ0v) is 17.1. The van der Waals surface area contributed by atoms with Crippen molar-refractivity contribution < 1.29 is 17.9 Å². The number of rotatable bonds is 5. The number of carbonyl (C=O) groups excluding carboxylic acids is 1. The predicted octanol–water partition coefficient (Wildman–Crippen LogP) is 1.17. The Kier molecular flexibility index (Phi) is 5.42. The highest BCUT2D eigenvalue weighted by molar-refractivity contribution is 7.92. The lowest BCUT2D eigenvalue weighted by Gasteiger charge is -2.27. The molecule has 0 atom stereocenters. The summed E-state index contributed by atoms with van der Waals surface area (Å²) >= 11 is 0. The Morgan fingerprint density at radius 3 is 2.66 bits per heavy atom. The lowest BCUT2D eigenvalue weighted by molar-refractivity contribution is 0.0950. The van der Waals surface area contributed by atoms with E-state index < -0.39 is 10.0 Å². The minimum absolute atomic E-state index is 0.192. The number of benzene rings is 1. The topological polar surface area (TPSA) is 91.8 Å². The number of aromatic nitrogens is 1. The van der Waals surface area contributed by atoms with Gasteiger partial charge in [0.2, 0.25) is 10.0 Å². The van der Waals surface area contributed by atoms with Crippen molar-refractivity contribution in [2.75, 3.05) is 48.3 Å². The van der Waals surface area contributed by atoms with Crippen molar-refractivity contribution in [1.29, 1.82) is 0 Å². The van der Waals surface area contributed by atoms with Crippen LogP contribution in [0.25, 0.3) is 0 Å². The first-order valence-corrected chi connectivity index (χ1v) is 11.4. The van der Waals surface area contributed by atoms with Gasteiger partial charge in [-0.25, -0.2) is 13.4 Å². The number of sulfonamides is 1. The molecule has 1 saturated heterocycles. The van der Waals surface area contributed by atoms with E-state index in [0.717, 1.165) is 30.0 Å². The molecule has 4 rings (SSSR count). The largest absolute Gasteiger partial charge is 0.378 e. The van der Waals surface area contributed by atoms with Crippen LogP contribution in [0.5, 0.6) is 0 Å². The summed E-state index contributed by atoms with van der Waals surface area (Å²) in [6.07, 6.45) is 3.58. The lowest BCUT2D eigenvalue weighted by atomic mass is 10.1. The van der Waals surface area contributed by atoms with Gasteiger partial charge in [0.25, 0.3) is 5.91 Å². The van der Waals surface area contributed by atoms with E-state index >= 15 is 0 Å². The maximum atomic E-state index is 12.5.